The fourth-order valence-electron chi connectivity index (χ4n) is 4.17. The molecule has 0 unspecified atom stereocenters. The summed E-state index contributed by atoms with van der Waals surface area (Å²) in [4.78, 5) is 0.892. The van der Waals surface area contributed by atoms with Crippen LogP contribution < -0.4 is 0 Å². The zero-order chi connectivity index (χ0) is 22.2. The number of hydrogen-bond donors (Lipinski definition) is 0. The van der Waals surface area contributed by atoms with Crippen LogP contribution in [0.4, 0.5) is 0 Å². The van der Waals surface area contributed by atoms with E-state index in [1.807, 2.05) is 18.2 Å². The maximum Gasteiger partial charge on any atom is 0.0449 e. The predicted octanol–water partition coefficient (Wildman–Crippen LogP) is 9.53. The lowest BCUT2D eigenvalue weighted by molar-refractivity contribution is 0.549. The van der Waals surface area contributed by atoms with Gasteiger partial charge in [-0.1, -0.05) is 145 Å². The second kappa shape index (κ2) is 16.0. The summed E-state index contributed by atoms with van der Waals surface area (Å²) in [6.45, 7) is 4.55. The Morgan fingerprint density at radius 3 is 1.94 bits per heavy atom. The fourth-order valence-corrected chi connectivity index (χ4v) is 4.38. The van der Waals surface area contributed by atoms with Crippen LogP contribution >= 0.6 is 12.2 Å². The van der Waals surface area contributed by atoms with Gasteiger partial charge in [0.15, 0.2) is 0 Å². The molecule has 0 heterocycles. The third-order valence-corrected chi connectivity index (χ3v) is 6.52. The first kappa shape index (κ1) is 25.5. The zero-order valence-electron chi connectivity index (χ0n) is 19.9. The molecule has 0 amide bonds. The molecular formula is C30H42S. The molecule has 2 aromatic rings. The maximum atomic E-state index is 5.55. The first-order valence-electron chi connectivity index (χ1n) is 12.6. The minimum Gasteiger partial charge on any atom is -0.0795 e. The van der Waals surface area contributed by atoms with Crippen LogP contribution in [0.5, 0.6) is 0 Å². The molecule has 0 aliphatic rings. The van der Waals surface area contributed by atoms with Gasteiger partial charge in [-0.15, -0.1) is 0 Å². The van der Waals surface area contributed by atoms with E-state index in [1.165, 1.54) is 93.7 Å². The molecule has 0 saturated carbocycles. The van der Waals surface area contributed by atoms with Gasteiger partial charge in [-0.2, -0.15) is 0 Å². The van der Waals surface area contributed by atoms with E-state index < -0.39 is 0 Å². The topological polar surface area (TPSA) is 0 Å². The number of unbranched alkanes of at least 4 members (excludes halogenated alkanes) is 10. The summed E-state index contributed by atoms with van der Waals surface area (Å²) in [6, 6.07) is 17.2. The van der Waals surface area contributed by atoms with E-state index in [-0.39, 0.29) is 0 Å². The first-order chi connectivity index (χ1) is 15.2. The third-order valence-electron chi connectivity index (χ3n) is 6.15. The molecule has 0 aromatic heterocycles. The van der Waals surface area contributed by atoms with Gasteiger partial charge in [0.1, 0.15) is 0 Å². The van der Waals surface area contributed by atoms with Crippen LogP contribution in [-0.2, 0) is 12.8 Å². The van der Waals surface area contributed by atoms with E-state index in [4.69, 9.17) is 12.2 Å². The molecule has 168 valence electrons. The quantitative estimate of drug-likeness (QED) is 0.110. The van der Waals surface area contributed by atoms with Gasteiger partial charge in [-0.3, -0.25) is 0 Å². The Hall–Kier alpha value is -1.73. The average Bonchev–Trinajstić information content (AvgIpc) is 2.82. The van der Waals surface area contributed by atoms with Crippen molar-refractivity contribution in [2.45, 2.75) is 97.3 Å². The highest BCUT2D eigenvalue weighted by molar-refractivity contribution is 7.81. The van der Waals surface area contributed by atoms with Crippen molar-refractivity contribution >= 4 is 23.2 Å². The molecule has 0 nitrogen and oxygen atoms in total. The van der Waals surface area contributed by atoms with Gasteiger partial charge in [-0.25, -0.2) is 0 Å². The van der Waals surface area contributed by atoms with Gasteiger partial charge >= 0.3 is 0 Å². The highest BCUT2D eigenvalue weighted by Gasteiger charge is 2.03. The monoisotopic (exact) mass is 434 g/mol. The van der Waals surface area contributed by atoms with Crippen molar-refractivity contribution in [3.8, 4) is 0 Å². The largest absolute Gasteiger partial charge is 0.0795 e. The number of rotatable bonds is 16. The lowest BCUT2D eigenvalue weighted by atomic mass is 9.96. The molecule has 1 heteroatoms. The maximum absolute atomic E-state index is 5.55. The summed E-state index contributed by atoms with van der Waals surface area (Å²) in [6.07, 6.45) is 22.0. The van der Waals surface area contributed by atoms with E-state index in [0.717, 1.165) is 16.8 Å². The third kappa shape index (κ3) is 10.4. The SMILES string of the molecule is CCCCCCCCCCCCCc1ccc(C=CC(=S)c2ccccc2)cc1CC. The number of hydrogen-bond acceptors (Lipinski definition) is 1. The number of benzene rings is 2. The van der Waals surface area contributed by atoms with Crippen LogP contribution in [0.2, 0.25) is 0 Å². The van der Waals surface area contributed by atoms with Crippen molar-refractivity contribution in [3.63, 3.8) is 0 Å². The highest BCUT2D eigenvalue weighted by Crippen LogP contribution is 2.18. The Bertz CT molecular complexity index is 772. The van der Waals surface area contributed by atoms with Crippen molar-refractivity contribution in [1.29, 1.82) is 0 Å². The van der Waals surface area contributed by atoms with Crippen LogP contribution in [-0.4, -0.2) is 4.86 Å². The molecule has 0 aliphatic heterocycles. The fraction of sp³-hybridized carbons (Fsp3) is 0.500. The summed E-state index contributed by atoms with van der Waals surface area (Å²) >= 11 is 5.55. The molecule has 0 atom stereocenters. The normalized spacial score (nSPS) is 11.3. The Labute approximate surface area is 197 Å². The molecule has 0 fully saturated rings. The summed E-state index contributed by atoms with van der Waals surface area (Å²) in [5.74, 6) is 0. The van der Waals surface area contributed by atoms with Crippen LogP contribution in [0.1, 0.15) is 107 Å². The Morgan fingerprint density at radius 2 is 1.32 bits per heavy atom. The molecule has 0 saturated heterocycles. The smallest absolute Gasteiger partial charge is 0.0449 e. The van der Waals surface area contributed by atoms with Crippen molar-refractivity contribution in [3.05, 3.63) is 76.9 Å². The average molecular weight is 435 g/mol. The summed E-state index contributed by atoms with van der Waals surface area (Å²) < 4.78 is 0. The first-order valence-corrected chi connectivity index (χ1v) is 13.0. The van der Waals surface area contributed by atoms with Gasteiger partial charge in [0.05, 0.1) is 0 Å². The van der Waals surface area contributed by atoms with Crippen molar-refractivity contribution < 1.29 is 0 Å². The van der Waals surface area contributed by atoms with E-state index in [0.29, 0.717) is 0 Å². The Balaban J connectivity index is 1.69. The summed E-state index contributed by atoms with van der Waals surface area (Å²) in [5.41, 5.74) is 5.37. The van der Waals surface area contributed by atoms with E-state index >= 15 is 0 Å². The lowest BCUT2D eigenvalue weighted by Crippen LogP contribution is -1.95. The molecule has 31 heavy (non-hydrogen) atoms. The van der Waals surface area contributed by atoms with Crippen molar-refractivity contribution in [1.82, 2.24) is 0 Å². The van der Waals surface area contributed by atoms with Crippen LogP contribution in [0.3, 0.4) is 0 Å². The van der Waals surface area contributed by atoms with Crippen LogP contribution in [0.25, 0.3) is 6.08 Å². The lowest BCUT2D eigenvalue weighted by Gasteiger charge is -2.09. The van der Waals surface area contributed by atoms with E-state index in [1.54, 1.807) is 0 Å². The standard InChI is InChI=1S/C30H42S/c1-3-5-6-7-8-9-10-11-12-13-15-18-28-23-21-26(25-27(28)4-2)22-24-30(31)29-19-16-14-17-20-29/h14,16-17,19-25H,3-13,15,18H2,1-2H3. The zero-order valence-corrected chi connectivity index (χ0v) is 20.7. The summed E-state index contributed by atoms with van der Waals surface area (Å²) in [5, 5.41) is 0. The van der Waals surface area contributed by atoms with Crippen molar-refractivity contribution in [2.24, 2.45) is 0 Å². The summed E-state index contributed by atoms with van der Waals surface area (Å²) in [7, 11) is 0. The molecule has 0 radical (unpaired) electrons. The molecular weight excluding hydrogens is 392 g/mol. The highest BCUT2D eigenvalue weighted by atomic mass is 32.1. The number of allylic oxidation sites excluding steroid dienone is 1. The van der Waals surface area contributed by atoms with E-state index in [9.17, 15) is 0 Å². The van der Waals surface area contributed by atoms with Gasteiger partial charge in [0, 0.05) is 4.86 Å². The van der Waals surface area contributed by atoms with Crippen LogP contribution in [0, 0.1) is 0 Å². The molecule has 2 aromatic carbocycles. The Kier molecular flexibility index (Phi) is 13.2. The molecule has 0 spiro atoms. The number of thiocarbonyl (C=S) groups is 1. The number of aryl methyl sites for hydroxylation is 2. The molecule has 0 bridgehead atoms. The van der Waals surface area contributed by atoms with Crippen molar-refractivity contribution in [2.75, 3.05) is 0 Å². The van der Waals surface area contributed by atoms with Gasteiger partial charge in [0.2, 0.25) is 0 Å². The minimum absolute atomic E-state index is 0.892. The van der Waals surface area contributed by atoms with E-state index in [2.05, 4.69) is 56.3 Å². The van der Waals surface area contributed by atoms with Gasteiger partial charge < -0.3 is 0 Å². The molecule has 0 aliphatic carbocycles. The predicted molar refractivity (Wildman–Crippen MR) is 143 cm³/mol. The Morgan fingerprint density at radius 1 is 0.710 bits per heavy atom. The minimum atomic E-state index is 0.892. The molecule has 2 rings (SSSR count). The second-order valence-electron chi connectivity index (χ2n) is 8.73. The van der Waals surface area contributed by atoms with Gasteiger partial charge in [-0.05, 0) is 47.6 Å². The molecule has 0 N–H and O–H groups in total. The van der Waals surface area contributed by atoms with Gasteiger partial charge in [0.25, 0.3) is 0 Å². The van der Waals surface area contributed by atoms with Crippen LogP contribution in [0.15, 0.2) is 54.6 Å². The second-order valence-corrected chi connectivity index (χ2v) is 9.17.